The Hall–Kier alpha value is -1.73. The molecule has 1 rings (SSSR count). The van der Waals surface area contributed by atoms with Crippen LogP contribution >= 0.6 is 15.9 Å². The van der Waals surface area contributed by atoms with Gasteiger partial charge in [-0.05, 0) is 18.1 Å². The summed E-state index contributed by atoms with van der Waals surface area (Å²) in [5, 5.41) is 10.8. The highest BCUT2D eigenvalue weighted by Crippen LogP contribution is 2.16. The van der Waals surface area contributed by atoms with Crippen molar-refractivity contribution in [1.29, 1.82) is 0 Å². The Morgan fingerprint density at radius 2 is 1.90 bits per heavy atom. The van der Waals surface area contributed by atoms with Crippen LogP contribution in [0.5, 0.6) is 0 Å². The molecule has 6 nitrogen and oxygen atoms in total. The summed E-state index contributed by atoms with van der Waals surface area (Å²) >= 11 is 3.31. The zero-order valence-electron chi connectivity index (χ0n) is 10.6. The van der Waals surface area contributed by atoms with Crippen LogP contribution in [0.3, 0.4) is 0 Å². The predicted molar refractivity (Wildman–Crippen MR) is 75.8 cm³/mol. The molecule has 1 aromatic carbocycles. The third-order valence-corrected chi connectivity index (χ3v) is 3.36. The van der Waals surface area contributed by atoms with Crippen molar-refractivity contribution in [2.75, 3.05) is 0 Å². The van der Waals surface area contributed by atoms with Crippen molar-refractivity contribution in [3.8, 4) is 0 Å². The number of nitrogens with two attached hydrogens (primary N) is 1. The van der Waals surface area contributed by atoms with Crippen molar-refractivity contribution in [2.45, 2.75) is 25.3 Å². The number of aliphatic carboxylic acids is 1. The molecule has 0 aromatic heterocycles. The van der Waals surface area contributed by atoms with Gasteiger partial charge in [-0.3, -0.25) is 19.7 Å². The normalized spacial score (nSPS) is 11.7. The van der Waals surface area contributed by atoms with Gasteiger partial charge in [-0.2, -0.15) is 0 Å². The van der Waals surface area contributed by atoms with E-state index in [9.17, 15) is 14.4 Å². The van der Waals surface area contributed by atoms with E-state index in [-0.39, 0.29) is 19.3 Å². The minimum absolute atomic E-state index is 0.0104. The Labute approximate surface area is 124 Å². The molecule has 0 heterocycles. The van der Waals surface area contributed by atoms with E-state index in [0.717, 1.165) is 10.0 Å². The Bertz CT molecular complexity index is 519. The predicted octanol–water partition coefficient (Wildman–Crippen LogP) is 0.826. The molecule has 2 amide bonds. The van der Waals surface area contributed by atoms with Crippen molar-refractivity contribution in [3.63, 3.8) is 0 Å². The van der Waals surface area contributed by atoms with Gasteiger partial charge in [0.15, 0.2) is 0 Å². The topological polar surface area (TPSA) is 109 Å². The van der Waals surface area contributed by atoms with E-state index in [2.05, 4.69) is 21.2 Å². The Kier molecular flexibility index (Phi) is 6.33. The van der Waals surface area contributed by atoms with Crippen molar-refractivity contribution < 1.29 is 19.5 Å². The number of carbonyl (C=O) groups is 3. The molecule has 1 atom stereocenters. The van der Waals surface area contributed by atoms with Crippen molar-refractivity contribution in [2.24, 2.45) is 5.73 Å². The molecule has 108 valence electrons. The second kappa shape index (κ2) is 7.76. The molecule has 0 fully saturated rings. The molecule has 0 bridgehead atoms. The number of nitrogens with one attached hydrogen (secondary N) is 1. The van der Waals surface area contributed by atoms with E-state index >= 15 is 0 Å². The lowest BCUT2D eigenvalue weighted by Gasteiger charge is -2.07. The summed E-state index contributed by atoms with van der Waals surface area (Å²) in [5.74, 6) is -2.14. The molecule has 0 aliphatic heterocycles. The standard InChI is InChI=1S/C13H15BrN2O4/c14-9-4-2-1-3-8(9)7-12(18)16-11(17)6-5-10(15)13(19)20/h1-4,10H,5-7,15H2,(H,19,20)(H,16,17,18). The molecule has 1 aromatic rings. The fraction of sp³-hybridized carbons (Fsp3) is 0.308. The van der Waals surface area contributed by atoms with Gasteiger partial charge in [0.2, 0.25) is 11.8 Å². The van der Waals surface area contributed by atoms with Crippen LogP contribution < -0.4 is 11.1 Å². The number of carbonyl (C=O) groups excluding carboxylic acids is 2. The minimum Gasteiger partial charge on any atom is -0.480 e. The lowest BCUT2D eigenvalue weighted by molar-refractivity contribution is -0.138. The zero-order valence-corrected chi connectivity index (χ0v) is 12.2. The maximum atomic E-state index is 11.7. The number of halogens is 1. The van der Waals surface area contributed by atoms with Crippen LogP contribution in [-0.2, 0) is 20.8 Å². The van der Waals surface area contributed by atoms with Crippen LogP contribution in [0.15, 0.2) is 28.7 Å². The number of imide groups is 1. The summed E-state index contributed by atoms with van der Waals surface area (Å²) in [6, 6.07) is 6.09. The molecular formula is C13H15BrN2O4. The van der Waals surface area contributed by atoms with Gasteiger partial charge in [-0.25, -0.2) is 0 Å². The van der Waals surface area contributed by atoms with Crippen LogP contribution in [0, 0.1) is 0 Å². The quantitative estimate of drug-likeness (QED) is 0.709. The van der Waals surface area contributed by atoms with E-state index in [1.807, 2.05) is 6.07 Å². The number of hydrogen-bond acceptors (Lipinski definition) is 4. The summed E-state index contributed by atoms with van der Waals surface area (Å²) in [5.41, 5.74) is 6.03. The zero-order chi connectivity index (χ0) is 15.1. The van der Waals surface area contributed by atoms with E-state index in [1.54, 1.807) is 18.2 Å². The van der Waals surface area contributed by atoms with Gasteiger partial charge in [0.05, 0.1) is 6.42 Å². The lowest BCUT2D eigenvalue weighted by Crippen LogP contribution is -2.35. The summed E-state index contributed by atoms with van der Waals surface area (Å²) < 4.78 is 0.787. The lowest BCUT2D eigenvalue weighted by atomic mass is 10.1. The Morgan fingerprint density at radius 3 is 2.50 bits per heavy atom. The molecule has 0 spiro atoms. The van der Waals surface area contributed by atoms with E-state index in [1.165, 1.54) is 0 Å². The van der Waals surface area contributed by atoms with Crippen molar-refractivity contribution >= 4 is 33.7 Å². The third-order valence-electron chi connectivity index (χ3n) is 2.59. The molecule has 1 unspecified atom stereocenters. The van der Waals surface area contributed by atoms with Gasteiger partial charge in [0.25, 0.3) is 0 Å². The second-order valence-corrected chi connectivity index (χ2v) is 5.08. The minimum atomic E-state index is -1.17. The molecule has 0 saturated carbocycles. The first-order chi connectivity index (χ1) is 9.40. The molecule has 0 saturated heterocycles. The number of carboxylic acids is 1. The maximum Gasteiger partial charge on any atom is 0.320 e. The molecule has 0 aliphatic rings. The first-order valence-corrected chi connectivity index (χ1v) is 6.74. The van der Waals surface area contributed by atoms with Gasteiger partial charge in [-0.1, -0.05) is 34.1 Å². The highest BCUT2D eigenvalue weighted by Gasteiger charge is 2.15. The van der Waals surface area contributed by atoms with Gasteiger partial charge in [-0.15, -0.1) is 0 Å². The molecule has 20 heavy (non-hydrogen) atoms. The summed E-state index contributed by atoms with van der Waals surface area (Å²) in [6.07, 6.45) is -0.0448. The molecule has 0 aliphatic carbocycles. The molecule has 7 heteroatoms. The van der Waals surface area contributed by atoms with Crippen LogP contribution in [0.25, 0.3) is 0 Å². The maximum absolute atomic E-state index is 11.7. The third kappa shape index (κ3) is 5.50. The van der Waals surface area contributed by atoms with Crippen molar-refractivity contribution in [3.05, 3.63) is 34.3 Å². The molecule has 4 N–H and O–H groups in total. The summed E-state index contributed by atoms with van der Waals surface area (Å²) in [6.45, 7) is 0. The first kappa shape index (κ1) is 16.3. The van der Waals surface area contributed by atoms with Crippen LogP contribution in [0.1, 0.15) is 18.4 Å². The number of carboxylic acid groups (broad SMARTS) is 1. The highest BCUT2D eigenvalue weighted by molar-refractivity contribution is 9.10. The first-order valence-electron chi connectivity index (χ1n) is 5.94. The summed E-state index contributed by atoms with van der Waals surface area (Å²) in [7, 11) is 0. The van der Waals surface area contributed by atoms with Gasteiger partial charge < -0.3 is 10.8 Å². The summed E-state index contributed by atoms with van der Waals surface area (Å²) in [4.78, 5) is 33.6. The van der Waals surface area contributed by atoms with Crippen LogP contribution in [0.2, 0.25) is 0 Å². The largest absolute Gasteiger partial charge is 0.480 e. The number of hydrogen-bond donors (Lipinski definition) is 3. The monoisotopic (exact) mass is 342 g/mol. The average Bonchev–Trinajstić information content (AvgIpc) is 2.38. The van der Waals surface area contributed by atoms with Gasteiger partial charge >= 0.3 is 5.97 Å². The van der Waals surface area contributed by atoms with Gasteiger partial charge in [0, 0.05) is 10.9 Å². The molecular weight excluding hydrogens is 328 g/mol. The smallest absolute Gasteiger partial charge is 0.320 e. The fourth-order valence-electron chi connectivity index (χ4n) is 1.49. The van der Waals surface area contributed by atoms with Crippen LogP contribution in [-0.4, -0.2) is 28.9 Å². The highest BCUT2D eigenvalue weighted by atomic mass is 79.9. The van der Waals surface area contributed by atoms with Gasteiger partial charge in [0.1, 0.15) is 6.04 Å². The SMILES string of the molecule is NC(CCC(=O)NC(=O)Cc1ccccc1Br)C(=O)O. The number of rotatable bonds is 6. The fourth-order valence-corrected chi connectivity index (χ4v) is 1.91. The molecule has 0 radical (unpaired) electrons. The van der Waals surface area contributed by atoms with E-state index in [4.69, 9.17) is 10.8 Å². The van der Waals surface area contributed by atoms with E-state index < -0.39 is 23.8 Å². The second-order valence-electron chi connectivity index (χ2n) is 4.22. The van der Waals surface area contributed by atoms with Crippen LogP contribution in [0.4, 0.5) is 0 Å². The average molecular weight is 343 g/mol. The van der Waals surface area contributed by atoms with Crippen molar-refractivity contribution in [1.82, 2.24) is 5.32 Å². The number of benzene rings is 1. The Balaban J connectivity index is 2.41. The van der Waals surface area contributed by atoms with E-state index in [0.29, 0.717) is 0 Å². The Morgan fingerprint density at radius 1 is 1.25 bits per heavy atom. The number of amides is 2.